The van der Waals surface area contributed by atoms with Crippen molar-refractivity contribution in [1.29, 1.82) is 0 Å². The largest absolute Gasteiger partial charge is 0.302 e. The predicted octanol–water partition coefficient (Wildman–Crippen LogP) is 3.02. The van der Waals surface area contributed by atoms with E-state index in [1.54, 1.807) is 18.5 Å². The lowest BCUT2D eigenvalue weighted by Gasteiger charge is -2.23. The van der Waals surface area contributed by atoms with Crippen molar-refractivity contribution in [2.45, 2.75) is 13.0 Å². The predicted molar refractivity (Wildman–Crippen MR) is 88.4 cm³/mol. The average Bonchev–Trinajstić information content (AvgIpc) is 2.88. The van der Waals surface area contributed by atoms with Crippen LogP contribution in [0.4, 0.5) is 4.39 Å². The Bertz CT molecular complexity index is 932. The topological polar surface area (TPSA) is 21.1 Å². The molecule has 0 saturated heterocycles. The monoisotopic (exact) mass is 305 g/mol. The number of aromatic nitrogens is 2. The molecule has 1 aliphatic heterocycles. The Hall–Kier alpha value is -2.64. The summed E-state index contributed by atoms with van der Waals surface area (Å²) in [5.74, 6) is 2.88. The Balaban J connectivity index is 1.94. The highest BCUT2D eigenvalue weighted by Gasteiger charge is 2.23. The molecule has 0 fully saturated rings. The molecule has 1 aliphatic rings. The van der Waals surface area contributed by atoms with Crippen LogP contribution in [-0.2, 0) is 13.0 Å². The molecule has 114 valence electrons. The van der Waals surface area contributed by atoms with E-state index in [1.807, 2.05) is 22.8 Å². The molecule has 4 heteroatoms. The van der Waals surface area contributed by atoms with Gasteiger partial charge in [-0.3, -0.25) is 9.55 Å². The molecule has 0 amide bonds. The van der Waals surface area contributed by atoms with E-state index in [-0.39, 0.29) is 5.82 Å². The lowest BCUT2D eigenvalue weighted by Crippen LogP contribution is -2.27. The number of nitrogens with zero attached hydrogens (tertiary/aromatic N) is 3. The van der Waals surface area contributed by atoms with E-state index in [2.05, 4.69) is 28.9 Å². The zero-order chi connectivity index (χ0) is 15.8. The van der Waals surface area contributed by atoms with Crippen LogP contribution in [0.15, 0.2) is 42.7 Å². The number of halogens is 1. The van der Waals surface area contributed by atoms with Crippen LogP contribution in [0, 0.1) is 17.8 Å². The SMILES string of the molecule is CN1CCc2c(c3cccc(F)c3n2C#Cc2cccnc2)C1. The second-order valence-electron chi connectivity index (χ2n) is 5.86. The molecule has 0 unspecified atom stereocenters. The Kier molecular flexibility index (Phi) is 3.36. The summed E-state index contributed by atoms with van der Waals surface area (Å²) in [5, 5.41) is 0.965. The van der Waals surface area contributed by atoms with Gasteiger partial charge in [0.1, 0.15) is 5.82 Å². The molecule has 0 saturated carbocycles. The van der Waals surface area contributed by atoms with Gasteiger partial charge in [-0.1, -0.05) is 12.1 Å². The van der Waals surface area contributed by atoms with Crippen molar-refractivity contribution >= 4 is 10.9 Å². The van der Waals surface area contributed by atoms with Crippen LogP contribution in [0.1, 0.15) is 16.8 Å². The van der Waals surface area contributed by atoms with Crippen molar-refractivity contribution in [2.75, 3.05) is 13.6 Å². The molecule has 2 aromatic heterocycles. The van der Waals surface area contributed by atoms with E-state index >= 15 is 0 Å². The van der Waals surface area contributed by atoms with E-state index in [9.17, 15) is 4.39 Å². The van der Waals surface area contributed by atoms with Crippen LogP contribution in [0.25, 0.3) is 10.9 Å². The van der Waals surface area contributed by atoms with Gasteiger partial charge in [0.05, 0.1) is 5.52 Å². The summed E-state index contributed by atoms with van der Waals surface area (Å²) < 4.78 is 16.3. The van der Waals surface area contributed by atoms with Crippen LogP contribution >= 0.6 is 0 Å². The lowest BCUT2D eigenvalue weighted by atomic mass is 10.1. The Labute approximate surface area is 134 Å². The zero-order valence-corrected chi connectivity index (χ0v) is 12.9. The summed E-state index contributed by atoms with van der Waals surface area (Å²) in [7, 11) is 2.09. The first-order valence-corrected chi connectivity index (χ1v) is 7.65. The smallest absolute Gasteiger partial charge is 0.148 e. The number of hydrogen-bond donors (Lipinski definition) is 0. The summed E-state index contributed by atoms with van der Waals surface area (Å²) in [5.41, 5.74) is 3.73. The Morgan fingerprint density at radius 1 is 1.22 bits per heavy atom. The number of benzene rings is 1. The van der Waals surface area contributed by atoms with Crippen molar-refractivity contribution in [3.63, 3.8) is 0 Å². The van der Waals surface area contributed by atoms with Gasteiger partial charge in [-0.05, 0) is 36.7 Å². The molecule has 1 aromatic carbocycles. The first-order valence-electron chi connectivity index (χ1n) is 7.65. The number of pyridine rings is 1. The Morgan fingerprint density at radius 3 is 2.96 bits per heavy atom. The standard InChI is InChI=1S/C19H16FN3/c1-22-10-8-18-16(13-22)15-5-2-6-17(20)19(15)23(18)11-7-14-4-3-9-21-12-14/h2-6,9,12H,8,10,13H2,1H3. The summed E-state index contributed by atoms with van der Waals surface area (Å²) in [6.07, 6.45) is 4.31. The first-order chi connectivity index (χ1) is 11.2. The fourth-order valence-corrected chi connectivity index (χ4v) is 3.18. The molecule has 3 heterocycles. The van der Waals surface area contributed by atoms with E-state index < -0.39 is 0 Å². The maximum absolute atomic E-state index is 14.4. The minimum atomic E-state index is -0.222. The van der Waals surface area contributed by atoms with Crippen molar-refractivity contribution < 1.29 is 4.39 Å². The van der Waals surface area contributed by atoms with Gasteiger partial charge in [0, 0.05) is 54.6 Å². The zero-order valence-electron chi connectivity index (χ0n) is 12.9. The Morgan fingerprint density at radius 2 is 2.13 bits per heavy atom. The van der Waals surface area contributed by atoms with Crippen LogP contribution in [0.3, 0.4) is 0 Å². The highest BCUT2D eigenvalue weighted by Crippen LogP contribution is 2.31. The van der Waals surface area contributed by atoms with E-state index in [1.165, 1.54) is 11.6 Å². The van der Waals surface area contributed by atoms with Gasteiger partial charge in [-0.25, -0.2) is 4.39 Å². The highest BCUT2D eigenvalue weighted by molar-refractivity contribution is 5.87. The first kappa shape index (κ1) is 14.0. The van der Waals surface area contributed by atoms with Crippen molar-refractivity contribution in [2.24, 2.45) is 0 Å². The number of fused-ring (bicyclic) bond motifs is 3. The second kappa shape index (κ2) is 5.53. The fourth-order valence-electron chi connectivity index (χ4n) is 3.18. The minimum absolute atomic E-state index is 0.222. The van der Waals surface area contributed by atoms with Gasteiger partial charge in [-0.2, -0.15) is 0 Å². The van der Waals surface area contributed by atoms with Crippen LogP contribution in [0.5, 0.6) is 0 Å². The van der Waals surface area contributed by atoms with Gasteiger partial charge in [-0.15, -0.1) is 0 Å². The van der Waals surface area contributed by atoms with Crippen LogP contribution in [0.2, 0.25) is 0 Å². The molecule has 0 radical (unpaired) electrons. The van der Waals surface area contributed by atoms with Gasteiger partial charge >= 0.3 is 0 Å². The van der Waals surface area contributed by atoms with Crippen molar-refractivity contribution in [3.05, 3.63) is 65.4 Å². The summed E-state index contributed by atoms with van der Waals surface area (Å²) in [6, 6.07) is 12.1. The maximum atomic E-state index is 14.4. The normalized spacial score (nSPS) is 14.3. The molecule has 0 bridgehead atoms. The number of likely N-dealkylation sites (N-methyl/N-ethyl adjacent to an activating group) is 1. The maximum Gasteiger partial charge on any atom is 0.148 e. The van der Waals surface area contributed by atoms with Gasteiger partial charge < -0.3 is 4.90 Å². The minimum Gasteiger partial charge on any atom is -0.302 e. The third-order valence-corrected chi connectivity index (χ3v) is 4.29. The quantitative estimate of drug-likeness (QED) is 0.595. The molecule has 4 rings (SSSR count). The molecular formula is C19H16FN3. The van der Waals surface area contributed by atoms with Gasteiger partial charge in [0.2, 0.25) is 0 Å². The third kappa shape index (κ3) is 2.39. The van der Waals surface area contributed by atoms with Gasteiger partial charge in [0.25, 0.3) is 0 Å². The lowest BCUT2D eigenvalue weighted by molar-refractivity contribution is 0.311. The summed E-state index contributed by atoms with van der Waals surface area (Å²) in [6.45, 7) is 1.79. The molecule has 23 heavy (non-hydrogen) atoms. The molecule has 0 aliphatic carbocycles. The molecule has 3 nitrogen and oxygen atoms in total. The van der Waals surface area contributed by atoms with Gasteiger partial charge in [0.15, 0.2) is 0 Å². The number of hydrogen-bond acceptors (Lipinski definition) is 2. The summed E-state index contributed by atoms with van der Waals surface area (Å²) in [4.78, 5) is 6.32. The number of para-hydroxylation sites is 1. The van der Waals surface area contributed by atoms with Crippen LogP contribution < -0.4 is 0 Å². The van der Waals surface area contributed by atoms with E-state index in [4.69, 9.17) is 0 Å². The molecule has 0 N–H and O–H groups in total. The molecule has 0 atom stereocenters. The average molecular weight is 305 g/mol. The highest BCUT2D eigenvalue weighted by atomic mass is 19.1. The fraction of sp³-hybridized carbons (Fsp3) is 0.211. The molecule has 3 aromatic rings. The number of rotatable bonds is 0. The van der Waals surface area contributed by atoms with Crippen molar-refractivity contribution in [3.8, 4) is 12.0 Å². The third-order valence-electron chi connectivity index (χ3n) is 4.29. The van der Waals surface area contributed by atoms with E-state index in [0.717, 1.165) is 36.2 Å². The van der Waals surface area contributed by atoms with Crippen LogP contribution in [-0.4, -0.2) is 28.0 Å². The molecule has 0 spiro atoms. The molecular weight excluding hydrogens is 289 g/mol. The summed E-state index contributed by atoms with van der Waals surface area (Å²) >= 11 is 0. The van der Waals surface area contributed by atoms with E-state index in [0.29, 0.717) is 5.52 Å². The second-order valence-corrected chi connectivity index (χ2v) is 5.86. The van der Waals surface area contributed by atoms with Crippen molar-refractivity contribution in [1.82, 2.24) is 14.5 Å².